The van der Waals surface area contributed by atoms with Gasteiger partial charge in [0.25, 0.3) is 5.91 Å². The average molecular weight is 297 g/mol. The van der Waals surface area contributed by atoms with Crippen LogP contribution in [0.2, 0.25) is 0 Å². The highest BCUT2D eigenvalue weighted by Crippen LogP contribution is 2.15. The van der Waals surface area contributed by atoms with Crippen molar-refractivity contribution in [3.63, 3.8) is 0 Å². The summed E-state index contributed by atoms with van der Waals surface area (Å²) in [5, 5.41) is 2.85. The maximum Gasteiger partial charge on any atom is 0.270 e. The number of pyridine rings is 1. The normalized spacial score (nSPS) is 10.9. The summed E-state index contributed by atoms with van der Waals surface area (Å²) in [4.78, 5) is 16.9. The topological polar surface area (TPSA) is 46.4 Å². The minimum Gasteiger partial charge on any atom is -0.347 e. The van der Waals surface area contributed by atoms with Gasteiger partial charge in [-0.25, -0.2) is 9.37 Å². The Balaban J connectivity index is 1.85. The molecule has 112 valence electrons. The van der Waals surface area contributed by atoms with Gasteiger partial charge in [-0.1, -0.05) is 18.2 Å². The summed E-state index contributed by atoms with van der Waals surface area (Å²) in [6.07, 6.45) is 1.83. The van der Waals surface area contributed by atoms with E-state index < -0.39 is 0 Å². The molecule has 0 aliphatic carbocycles. The molecule has 0 aliphatic heterocycles. The number of hydrogen-bond donors (Lipinski definition) is 1. The Labute approximate surface area is 127 Å². The van der Waals surface area contributed by atoms with Crippen molar-refractivity contribution >= 4 is 11.6 Å². The lowest BCUT2D eigenvalue weighted by molar-refractivity contribution is 0.0944. The Morgan fingerprint density at radius 3 is 2.68 bits per heavy atom. The predicted molar refractivity (Wildman–Crippen MR) is 82.2 cm³/mol. The standard InChI is InChI=1S/C17H16FN3O/c1-11-4-3-9-21-15(12(2)20-16(11)21)17(22)19-10-13-5-7-14(18)8-6-13/h3-9H,10H2,1-2H3,(H,19,22). The van der Waals surface area contributed by atoms with Crippen molar-refractivity contribution in [2.75, 3.05) is 0 Å². The van der Waals surface area contributed by atoms with Crippen molar-refractivity contribution < 1.29 is 9.18 Å². The Morgan fingerprint density at radius 1 is 1.23 bits per heavy atom. The molecular formula is C17H16FN3O. The second kappa shape index (κ2) is 5.60. The lowest BCUT2D eigenvalue weighted by atomic mass is 10.2. The van der Waals surface area contributed by atoms with Gasteiger partial charge in [0, 0.05) is 12.7 Å². The van der Waals surface area contributed by atoms with Gasteiger partial charge in [0.1, 0.15) is 17.2 Å². The first kappa shape index (κ1) is 14.3. The zero-order valence-corrected chi connectivity index (χ0v) is 12.4. The van der Waals surface area contributed by atoms with Crippen LogP contribution in [0.5, 0.6) is 0 Å². The van der Waals surface area contributed by atoms with Crippen LogP contribution in [0, 0.1) is 19.7 Å². The molecule has 0 bridgehead atoms. The summed E-state index contributed by atoms with van der Waals surface area (Å²) in [6.45, 7) is 4.12. The Bertz CT molecular complexity index is 837. The Kier molecular flexibility index (Phi) is 3.63. The first-order chi connectivity index (χ1) is 10.6. The van der Waals surface area contributed by atoms with E-state index in [9.17, 15) is 9.18 Å². The monoisotopic (exact) mass is 297 g/mol. The number of halogens is 1. The number of nitrogens with zero attached hydrogens (tertiary/aromatic N) is 2. The smallest absolute Gasteiger partial charge is 0.270 e. The van der Waals surface area contributed by atoms with Gasteiger partial charge < -0.3 is 5.32 Å². The van der Waals surface area contributed by atoms with Crippen LogP contribution in [0.4, 0.5) is 4.39 Å². The van der Waals surface area contributed by atoms with Gasteiger partial charge in [0.05, 0.1) is 5.69 Å². The molecule has 0 unspecified atom stereocenters. The molecule has 2 heterocycles. The van der Waals surface area contributed by atoms with E-state index in [1.54, 1.807) is 16.5 Å². The van der Waals surface area contributed by atoms with Crippen molar-refractivity contribution in [2.45, 2.75) is 20.4 Å². The molecule has 0 radical (unpaired) electrons. The van der Waals surface area contributed by atoms with Gasteiger partial charge in [0.15, 0.2) is 0 Å². The van der Waals surface area contributed by atoms with E-state index in [4.69, 9.17) is 0 Å². The molecule has 2 aromatic heterocycles. The SMILES string of the molecule is Cc1nc2c(C)cccn2c1C(=O)NCc1ccc(F)cc1. The van der Waals surface area contributed by atoms with Crippen LogP contribution in [-0.4, -0.2) is 15.3 Å². The molecule has 1 amide bonds. The van der Waals surface area contributed by atoms with E-state index in [1.807, 2.05) is 32.2 Å². The summed E-state index contributed by atoms with van der Waals surface area (Å²) in [5.41, 5.74) is 3.86. The number of rotatable bonds is 3. The second-order valence-electron chi connectivity index (χ2n) is 5.24. The summed E-state index contributed by atoms with van der Waals surface area (Å²) in [6, 6.07) is 9.92. The summed E-state index contributed by atoms with van der Waals surface area (Å²) in [7, 11) is 0. The summed E-state index contributed by atoms with van der Waals surface area (Å²) in [5.74, 6) is -0.483. The zero-order chi connectivity index (χ0) is 15.7. The number of benzene rings is 1. The minimum absolute atomic E-state index is 0.195. The van der Waals surface area contributed by atoms with Crippen LogP contribution in [0.3, 0.4) is 0 Å². The lowest BCUT2D eigenvalue weighted by Gasteiger charge is -2.06. The molecule has 1 aromatic carbocycles. The third-order valence-electron chi connectivity index (χ3n) is 3.60. The highest BCUT2D eigenvalue weighted by atomic mass is 19.1. The molecule has 5 heteroatoms. The zero-order valence-electron chi connectivity index (χ0n) is 12.4. The van der Waals surface area contributed by atoms with E-state index in [0.29, 0.717) is 17.9 Å². The number of carbonyl (C=O) groups excluding carboxylic acids is 1. The lowest BCUT2D eigenvalue weighted by Crippen LogP contribution is -2.25. The molecule has 0 spiro atoms. The van der Waals surface area contributed by atoms with Crippen LogP contribution in [0.1, 0.15) is 27.3 Å². The Morgan fingerprint density at radius 2 is 1.95 bits per heavy atom. The molecule has 0 aliphatic rings. The molecule has 0 atom stereocenters. The fraction of sp³-hybridized carbons (Fsp3) is 0.176. The highest BCUT2D eigenvalue weighted by molar-refractivity contribution is 5.94. The molecule has 4 nitrogen and oxygen atoms in total. The number of amides is 1. The molecule has 0 fully saturated rings. The predicted octanol–water partition coefficient (Wildman–Crippen LogP) is 3.02. The molecule has 0 saturated carbocycles. The number of imidazole rings is 1. The van der Waals surface area contributed by atoms with E-state index >= 15 is 0 Å². The number of fused-ring (bicyclic) bond motifs is 1. The molecular weight excluding hydrogens is 281 g/mol. The van der Waals surface area contributed by atoms with Crippen LogP contribution < -0.4 is 5.32 Å². The van der Waals surface area contributed by atoms with Crippen molar-refractivity contribution in [1.82, 2.24) is 14.7 Å². The number of carbonyl (C=O) groups is 1. The maximum absolute atomic E-state index is 12.9. The summed E-state index contributed by atoms with van der Waals surface area (Å²) >= 11 is 0. The first-order valence-electron chi connectivity index (χ1n) is 7.03. The molecule has 22 heavy (non-hydrogen) atoms. The van der Waals surface area contributed by atoms with Crippen LogP contribution in [-0.2, 0) is 6.54 Å². The van der Waals surface area contributed by atoms with Crippen molar-refractivity contribution in [3.05, 3.63) is 70.9 Å². The number of hydrogen-bond acceptors (Lipinski definition) is 2. The van der Waals surface area contributed by atoms with Crippen LogP contribution in [0.25, 0.3) is 5.65 Å². The molecule has 1 N–H and O–H groups in total. The quantitative estimate of drug-likeness (QED) is 0.807. The van der Waals surface area contributed by atoms with Crippen molar-refractivity contribution in [2.24, 2.45) is 0 Å². The van der Waals surface area contributed by atoms with E-state index in [0.717, 1.165) is 16.8 Å². The molecule has 3 rings (SSSR count). The largest absolute Gasteiger partial charge is 0.347 e. The van der Waals surface area contributed by atoms with Crippen molar-refractivity contribution in [1.29, 1.82) is 0 Å². The van der Waals surface area contributed by atoms with Crippen LogP contribution in [0.15, 0.2) is 42.6 Å². The minimum atomic E-state index is -0.289. The van der Waals surface area contributed by atoms with Crippen LogP contribution >= 0.6 is 0 Å². The van der Waals surface area contributed by atoms with Crippen molar-refractivity contribution in [3.8, 4) is 0 Å². The highest BCUT2D eigenvalue weighted by Gasteiger charge is 2.16. The Hall–Kier alpha value is -2.69. The number of nitrogens with one attached hydrogen (secondary N) is 1. The third kappa shape index (κ3) is 2.57. The maximum atomic E-state index is 12.9. The van der Waals surface area contributed by atoms with E-state index in [2.05, 4.69) is 10.3 Å². The van der Waals surface area contributed by atoms with Gasteiger partial charge in [-0.15, -0.1) is 0 Å². The summed E-state index contributed by atoms with van der Waals surface area (Å²) < 4.78 is 14.7. The van der Waals surface area contributed by atoms with Gasteiger partial charge in [0.2, 0.25) is 0 Å². The van der Waals surface area contributed by atoms with Gasteiger partial charge in [-0.3, -0.25) is 9.20 Å². The molecule has 3 aromatic rings. The number of aryl methyl sites for hydroxylation is 2. The fourth-order valence-electron chi connectivity index (χ4n) is 2.46. The van der Waals surface area contributed by atoms with Gasteiger partial charge >= 0.3 is 0 Å². The fourth-order valence-corrected chi connectivity index (χ4v) is 2.46. The molecule has 0 saturated heterocycles. The second-order valence-corrected chi connectivity index (χ2v) is 5.24. The van der Waals surface area contributed by atoms with E-state index in [1.165, 1.54) is 12.1 Å². The first-order valence-corrected chi connectivity index (χ1v) is 7.03. The number of aromatic nitrogens is 2. The van der Waals surface area contributed by atoms with Gasteiger partial charge in [-0.2, -0.15) is 0 Å². The van der Waals surface area contributed by atoms with Gasteiger partial charge in [-0.05, 0) is 43.2 Å². The average Bonchev–Trinajstić information content (AvgIpc) is 2.84. The third-order valence-corrected chi connectivity index (χ3v) is 3.60. The van der Waals surface area contributed by atoms with E-state index in [-0.39, 0.29) is 11.7 Å².